The smallest absolute Gasteiger partial charge is 0.313 e. The second-order valence-electron chi connectivity index (χ2n) is 11.4. The van der Waals surface area contributed by atoms with Crippen molar-refractivity contribution in [2.24, 2.45) is 11.8 Å². The van der Waals surface area contributed by atoms with Gasteiger partial charge in [0.15, 0.2) is 0 Å². The Morgan fingerprint density at radius 1 is 1.15 bits per heavy atom. The zero-order valence-electron chi connectivity index (χ0n) is 23.6. The van der Waals surface area contributed by atoms with Gasteiger partial charge in [0.1, 0.15) is 29.8 Å². The Morgan fingerprint density at radius 2 is 1.85 bits per heavy atom. The first-order chi connectivity index (χ1) is 19.5. The number of aliphatic hydroxyl groups excluding tert-OH is 1. The molecule has 4 aliphatic rings. The fourth-order valence-corrected chi connectivity index (χ4v) is 7.35. The van der Waals surface area contributed by atoms with E-state index in [-0.39, 0.29) is 37.9 Å². The van der Waals surface area contributed by atoms with E-state index in [1.165, 1.54) is 4.90 Å². The molecule has 220 valence electrons. The summed E-state index contributed by atoms with van der Waals surface area (Å²) in [7, 11) is 0. The number of hydrogen-bond acceptors (Lipinski definition) is 7. The minimum atomic E-state index is -1.44. The molecule has 3 amide bonds. The number of carbonyl (C=O) groups is 4. The average Bonchev–Trinajstić information content (AvgIpc) is 3.52. The number of hydrogen-bond donors (Lipinski definition) is 2. The highest BCUT2D eigenvalue weighted by molar-refractivity contribution is 9.11. The van der Waals surface area contributed by atoms with E-state index in [1.807, 2.05) is 44.2 Å². The van der Waals surface area contributed by atoms with Crippen molar-refractivity contribution in [3.63, 3.8) is 0 Å². The van der Waals surface area contributed by atoms with Crippen molar-refractivity contribution in [3.05, 3.63) is 52.0 Å². The number of nitrogens with zero attached hydrogens (tertiary/aromatic N) is 2. The molecule has 2 saturated heterocycles. The molecule has 1 spiro atoms. The highest BCUT2D eigenvalue weighted by atomic mass is 79.9. The van der Waals surface area contributed by atoms with Crippen LogP contribution in [-0.2, 0) is 28.7 Å². The molecule has 11 heteroatoms. The maximum Gasteiger partial charge on any atom is 0.313 e. The van der Waals surface area contributed by atoms with E-state index in [9.17, 15) is 24.3 Å². The van der Waals surface area contributed by atoms with Gasteiger partial charge in [-0.2, -0.15) is 0 Å². The lowest BCUT2D eigenvalue weighted by molar-refractivity contribution is -0.159. The Labute approximate surface area is 247 Å². The van der Waals surface area contributed by atoms with Gasteiger partial charge in [-0.1, -0.05) is 46.3 Å². The van der Waals surface area contributed by atoms with Crippen LogP contribution in [0.4, 0.5) is 5.69 Å². The van der Waals surface area contributed by atoms with Gasteiger partial charge in [-0.05, 0) is 51.3 Å². The SMILES string of the molecule is Cc1cccc(C)c1N1C/C=C\CCC(=O)NC[C@H](C)OC(=O)[C@H]2[C@@H]3O[C@@]4(C=C3Br)[C@@H]2C(=O)N([C@H](C)CO)[C@@H]4C1=O. The van der Waals surface area contributed by atoms with Crippen molar-refractivity contribution in [2.45, 2.75) is 70.4 Å². The Balaban J connectivity index is 1.67. The molecular weight excluding hydrogens is 594 g/mol. The molecule has 7 atom stereocenters. The summed E-state index contributed by atoms with van der Waals surface area (Å²) in [4.78, 5) is 58.0. The normalized spacial score (nSPS) is 33.8. The number of aryl methyl sites for hydroxylation is 2. The van der Waals surface area contributed by atoms with E-state index in [0.717, 1.165) is 11.1 Å². The Kier molecular flexibility index (Phi) is 8.15. The summed E-state index contributed by atoms with van der Waals surface area (Å²) in [6.45, 7) is 7.13. The quantitative estimate of drug-likeness (QED) is 0.388. The van der Waals surface area contributed by atoms with Gasteiger partial charge in [0.05, 0.1) is 25.1 Å². The van der Waals surface area contributed by atoms with Gasteiger partial charge < -0.3 is 29.7 Å². The Hall–Kier alpha value is -3.02. The molecule has 10 nitrogen and oxygen atoms in total. The number of likely N-dealkylation sites (tertiary alicyclic amines) is 1. The van der Waals surface area contributed by atoms with Crippen LogP contribution in [0.1, 0.15) is 37.8 Å². The van der Waals surface area contributed by atoms with Crippen molar-refractivity contribution < 1.29 is 33.8 Å². The number of anilines is 1. The van der Waals surface area contributed by atoms with Crippen LogP contribution in [-0.4, -0.2) is 83.3 Å². The summed E-state index contributed by atoms with van der Waals surface area (Å²) >= 11 is 3.53. The summed E-state index contributed by atoms with van der Waals surface area (Å²) in [5.41, 5.74) is 1.03. The lowest BCUT2D eigenvalue weighted by Gasteiger charge is -2.38. The monoisotopic (exact) mass is 629 g/mol. The number of amides is 3. The Morgan fingerprint density at radius 3 is 2.54 bits per heavy atom. The summed E-state index contributed by atoms with van der Waals surface area (Å²) in [5, 5.41) is 13.0. The lowest BCUT2D eigenvalue weighted by atomic mass is 9.74. The van der Waals surface area contributed by atoms with Crippen LogP contribution < -0.4 is 10.2 Å². The predicted octanol–water partition coefficient (Wildman–Crippen LogP) is 2.29. The molecule has 0 saturated carbocycles. The third-order valence-corrected chi connectivity index (χ3v) is 9.16. The number of ether oxygens (including phenoxy) is 2. The van der Waals surface area contributed by atoms with Gasteiger partial charge in [0.2, 0.25) is 11.8 Å². The average molecular weight is 631 g/mol. The first kappa shape index (κ1) is 29.5. The largest absolute Gasteiger partial charge is 0.460 e. The van der Waals surface area contributed by atoms with Crippen LogP contribution in [0.2, 0.25) is 0 Å². The maximum absolute atomic E-state index is 14.8. The first-order valence-corrected chi connectivity index (χ1v) is 14.8. The molecule has 0 aliphatic carbocycles. The number of halogens is 1. The van der Waals surface area contributed by atoms with Crippen LogP contribution in [0, 0.1) is 25.7 Å². The summed E-state index contributed by atoms with van der Waals surface area (Å²) in [5.74, 6) is -3.66. The minimum Gasteiger partial charge on any atom is -0.460 e. The summed E-state index contributed by atoms with van der Waals surface area (Å²) < 4.78 is 12.8. The third kappa shape index (κ3) is 4.91. The van der Waals surface area contributed by atoms with Crippen LogP contribution in [0.25, 0.3) is 0 Å². The van der Waals surface area contributed by atoms with E-state index >= 15 is 0 Å². The molecule has 5 rings (SSSR count). The van der Waals surface area contributed by atoms with Crippen molar-refractivity contribution in [3.8, 4) is 0 Å². The molecule has 4 heterocycles. The molecule has 0 unspecified atom stereocenters. The van der Waals surface area contributed by atoms with E-state index in [2.05, 4.69) is 21.2 Å². The summed E-state index contributed by atoms with van der Waals surface area (Å²) in [6, 6.07) is 3.91. The van der Waals surface area contributed by atoms with Gasteiger partial charge in [-0.15, -0.1) is 0 Å². The number of esters is 1. The van der Waals surface area contributed by atoms with Gasteiger partial charge in [-0.3, -0.25) is 19.2 Å². The van der Waals surface area contributed by atoms with E-state index in [1.54, 1.807) is 24.8 Å². The van der Waals surface area contributed by atoms with Gasteiger partial charge >= 0.3 is 5.97 Å². The molecule has 0 aromatic heterocycles. The predicted molar refractivity (Wildman–Crippen MR) is 154 cm³/mol. The molecule has 2 fully saturated rings. The number of cyclic esters (lactones) is 1. The highest BCUT2D eigenvalue weighted by Crippen LogP contribution is 2.59. The number of aliphatic hydroxyl groups is 1. The molecule has 0 radical (unpaired) electrons. The molecule has 1 aromatic carbocycles. The maximum atomic E-state index is 14.8. The molecule has 2 N–H and O–H groups in total. The zero-order valence-corrected chi connectivity index (χ0v) is 25.2. The number of nitrogens with one attached hydrogen (secondary N) is 1. The second-order valence-corrected chi connectivity index (χ2v) is 12.3. The van der Waals surface area contributed by atoms with Gasteiger partial charge in [0, 0.05) is 23.1 Å². The second kappa shape index (κ2) is 11.3. The van der Waals surface area contributed by atoms with Crippen molar-refractivity contribution in [2.75, 3.05) is 24.6 Å². The van der Waals surface area contributed by atoms with Crippen LogP contribution in [0.5, 0.6) is 0 Å². The standard InChI is InChI=1S/C30H36BrN3O7/c1-16-9-8-10-17(2)24(16)33-12-7-5-6-11-21(36)32-14-19(4)40-29(39)22-23-27(37)34(18(3)15-35)26(28(33)38)30(23)13-20(31)25(22)41-30/h5,7-10,13,18-19,22-23,25-26,35H,6,11-12,14-15H2,1-4H3,(H,32,36)/b7-5-/t18-,19+,22-,23+,25-,26-,30+/m1/s1. The van der Waals surface area contributed by atoms with Gasteiger partial charge in [0.25, 0.3) is 5.91 Å². The van der Waals surface area contributed by atoms with Crippen LogP contribution in [0.3, 0.4) is 0 Å². The fourth-order valence-electron chi connectivity index (χ4n) is 6.61. The molecule has 1 aromatic rings. The zero-order chi connectivity index (χ0) is 29.6. The van der Waals surface area contributed by atoms with Crippen molar-refractivity contribution >= 4 is 45.3 Å². The molecule has 41 heavy (non-hydrogen) atoms. The van der Waals surface area contributed by atoms with Crippen molar-refractivity contribution in [1.82, 2.24) is 10.2 Å². The van der Waals surface area contributed by atoms with E-state index < -0.39 is 53.6 Å². The van der Waals surface area contributed by atoms with E-state index in [0.29, 0.717) is 16.6 Å². The number of allylic oxidation sites excluding steroid dienone is 1. The number of benzene rings is 1. The number of rotatable bonds is 3. The van der Waals surface area contributed by atoms with Crippen molar-refractivity contribution in [1.29, 1.82) is 0 Å². The fraction of sp³-hybridized carbons (Fsp3) is 0.533. The number of para-hydroxylation sites is 1. The topological polar surface area (TPSA) is 125 Å². The van der Waals surface area contributed by atoms with Crippen LogP contribution >= 0.6 is 15.9 Å². The Bertz CT molecular complexity index is 1310. The number of fused-ring (bicyclic) bond motifs is 2. The highest BCUT2D eigenvalue weighted by Gasteiger charge is 2.75. The molecular formula is C30H36BrN3O7. The van der Waals surface area contributed by atoms with E-state index in [4.69, 9.17) is 9.47 Å². The summed E-state index contributed by atoms with van der Waals surface area (Å²) in [6.07, 6.45) is 4.70. The number of carbonyl (C=O) groups excluding carboxylic acids is 4. The third-order valence-electron chi connectivity index (χ3n) is 8.48. The van der Waals surface area contributed by atoms with Crippen LogP contribution in [0.15, 0.2) is 40.9 Å². The molecule has 4 aliphatic heterocycles. The van der Waals surface area contributed by atoms with Gasteiger partial charge in [-0.25, -0.2) is 0 Å². The first-order valence-electron chi connectivity index (χ1n) is 14.0. The minimum absolute atomic E-state index is 0.127. The lowest BCUT2D eigenvalue weighted by Crippen LogP contribution is -2.58. The molecule has 5 bridgehead atoms.